The van der Waals surface area contributed by atoms with Crippen LogP contribution in [0, 0.1) is 0 Å². The summed E-state index contributed by atoms with van der Waals surface area (Å²) in [4.78, 5) is 0.211. The van der Waals surface area contributed by atoms with Gasteiger partial charge in [0.05, 0.1) is 11.0 Å². The number of aliphatic hydroxyl groups excluding tert-OH is 1. The highest BCUT2D eigenvalue weighted by Crippen LogP contribution is 2.17. The van der Waals surface area contributed by atoms with E-state index < -0.39 is 16.1 Å². The molecule has 0 radical (unpaired) electrons. The van der Waals surface area contributed by atoms with Crippen LogP contribution in [0.5, 0.6) is 0 Å². The molecule has 1 atom stereocenters. The van der Waals surface area contributed by atoms with Crippen LogP contribution in [0.3, 0.4) is 0 Å². The topological polar surface area (TPSA) is 66.4 Å². The zero-order valence-electron chi connectivity index (χ0n) is 12.7. The highest BCUT2D eigenvalue weighted by atomic mass is 32.2. The maximum atomic E-state index is 12.1. The van der Waals surface area contributed by atoms with Crippen LogP contribution in [-0.2, 0) is 10.0 Å². The minimum Gasteiger partial charge on any atom is -0.389 e. The lowest BCUT2D eigenvalue weighted by Crippen LogP contribution is -2.25. The van der Waals surface area contributed by atoms with Gasteiger partial charge in [-0.2, -0.15) is 11.8 Å². The van der Waals surface area contributed by atoms with Crippen LogP contribution in [0.25, 0.3) is 0 Å². The Morgan fingerprint density at radius 1 is 1.24 bits per heavy atom. The van der Waals surface area contributed by atoms with Crippen LogP contribution in [0.1, 0.15) is 44.3 Å². The average molecular weight is 332 g/mol. The quantitative estimate of drug-likeness (QED) is 0.647. The smallest absolute Gasteiger partial charge is 0.240 e. The van der Waals surface area contributed by atoms with Crippen molar-refractivity contribution in [2.24, 2.45) is 0 Å². The van der Waals surface area contributed by atoms with Gasteiger partial charge in [0.15, 0.2) is 0 Å². The fourth-order valence-electron chi connectivity index (χ4n) is 1.96. The van der Waals surface area contributed by atoms with Gasteiger partial charge in [-0.3, -0.25) is 0 Å². The number of unbranched alkanes of at least 4 members (excludes halogenated alkanes) is 3. The van der Waals surface area contributed by atoms with Gasteiger partial charge in [-0.15, -0.1) is 0 Å². The molecule has 1 aromatic rings. The predicted octanol–water partition coefficient (Wildman–Crippen LogP) is 2.94. The summed E-state index contributed by atoms with van der Waals surface area (Å²) in [5, 5.41) is 9.51. The number of hydrogen-bond acceptors (Lipinski definition) is 4. The summed E-state index contributed by atoms with van der Waals surface area (Å²) in [5.74, 6) is 1.16. The van der Waals surface area contributed by atoms with Gasteiger partial charge in [0.1, 0.15) is 0 Å². The molecule has 0 fully saturated rings. The van der Waals surface area contributed by atoms with E-state index >= 15 is 0 Å². The van der Waals surface area contributed by atoms with Gasteiger partial charge in [0.2, 0.25) is 10.0 Å². The normalized spacial score (nSPS) is 13.3. The zero-order chi connectivity index (χ0) is 15.7. The first kappa shape index (κ1) is 18.5. The Kier molecular flexibility index (Phi) is 8.33. The molecule has 1 unspecified atom stereocenters. The summed E-state index contributed by atoms with van der Waals surface area (Å²) in [5.41, 5.74) is 0.606. The van der Waals surface area contributed by atoms with Crippen molar-refractivity contribution in [2.75, 3.05) is 18.6 Å². The Hall–Kier alpha value is -0.560. The standard InChI is InChI=1S/C15H25NO3S2/c1-13(17)14-8-7-9-15(12-14)21(18,19)16-10-5-3-4-6-11-20-2/h7-9,12-13,16-17H,3-6,10-11H2,1-2H3. The third-order valence-electron chi connectivity index (χ3n) is 3.22. The zero-order valence-corrected chi connectivity index (χ0v) is 14.3. The number of sulfonamides is 1. The van der Waals surface area contributed by atoms with E-state index in [1.54, 1.807) is 25.1 Å². The molecule has 6 heteroatoms. The molecule has 0 aliphatic rings. The van der Waals surface area contributed by atoms with Gasteiger partial charge in [0.25, 0.3) is 0 Å². The first-order valence-electron chi connectivity index (χ1n) is 7.24. The maximum absolute atomic E-state index is 12.1. The second-order valence-corrected chi connectivity index (χ2v) is 7.81. The fourth-order valence-corrected chi connectivity index (χ4v) is 3.58. The van der Waals surface area contributed by atoms with E-state index in [9.17, 15) is 13.5 Å². The fraction of sp³-hybridized carbons (Fsp3) is 0.600. The van der Waals surface area contributed by atoms with Crippen molar-refractivity contribution in [2.45, 2.75) is 43.6 Å². The molecule has 0 saturated heterocycles. The Bertz CT molecular complexity index is 515. The largest absolute Gasteiger partial charge is 0.389 e. The molecule has 0 heterocycles. The van der Waals surface area contributed by atoms with Crippen molar-refractivity contribution in [1.29, 1.82) is 0 Å². The highest BCUT2D eigenvalue weighted by Gasteiger charge is 2.14. The predicted molar refractivity (Wildman–Crippen MR) is 89.1 cm³/mol. The Balaban J connectivity index is 2.45. The van der Waals surface area contributed by atoms with E-state index in [0.717, 1.165) is 25.0 Å². The molecule has 0 amide bonds. The molecule has 21 heavy (non-hydrogen) atoms. The van der Waals surface area contributed by atoms with Gasteiger partial charge in [0, 0.05) is 6.54 Å². The highest BCUT2D eigenvalue weighted by molar-refractivity contribution is 7.98. The van der Waals surface area contributed by atoms with Crippen LogP contribution in [-0.4, -0.2) is 32.1 Å². The first-order valence-corrected chi connectivity index (χ1v) is 10.1. The van der Waals surface area contributed by atoms with E-state index in [-0.39, 0.29) is 4.90 Å². The molecule has 0 aliphatic heterocycles. The van der Waals surface area contributed by atoms with Crippen LogP contribution in [0.4, 0.5) is 0 Å². The molecule has 4 nitrogen and oxygen atoms in total. The van der Waals surface area contributed by atoms with Crippen molar-refractivity contribution in [3.05, 3.63) is 29.8 Å². The summed E-state index contributed by atoms with van der Waals surface area (Å²) >= 11 is 1.84. The van der Waals surface area contributed by atoms with Crippen molar-refractivity contribution in [3.63, 3.8) is 0 Å². The Morgan fingerprint density at radius 2 is 1.95 bits per heavy atom. The van der Waals surface area contributed by atoms with Gasteiger partial charge in [-0.1, -0.05) is 25.0 Å². The van der Waals surface area contributed by atoms with Gasteiger partial charge < -0.3 is 5.11 Å². The van der Waals surface area contributed by atoms with Crippen molar-refractivity contribution in [3.8, 4) is 0 Å². The van der Waals surface area contributed by atoms with Crippen LogP contribution in [0.2, 0.25) is 0 Å². The Morgan fingerprint density at radius 3 is 2.62 bits per heavy atom. The molecule has 0 aromatic heterocycles. The molecule has 0 spiro atoms. The summed E-state index contributed by atoms with van der Waals surface area (Å²) < 4.78 is 26.9. The summed E-state index contributed by atoms with van der Waals surface area (Å²) in [6.45, 7) is 2.08. The molecule has 0 saturated carbocycles. The summed E-state index contributed by atoms with van der Waals surface area (Å²) in [7, 11) is -3.48. The monoisotopic (exact) mass is 331 g/mol. The van der Waals surface area contributed by atoms with Gasteiger partial charge in [-0.25, -0.2) is 13.1 Å². The number of rotatable bonds is 10. The number of nitrogens with one attached hydrogen (secondary N) is 1. The third kappa shape index (κ3) is 6.82. The molecular weight excluding hydrogens is 306 g/mol. The molecular formula is C15H25NO3S2. The van der Waals surface area contributed by atoms with E-state index in [1.165, 1.54) is 12.5 Å². The van der Waals surface area contributed by atoms with Gasteiger partial charge in [-0.05, 0) is 49.5 Å². The lowest BCUT2D eigenvalue weighted by molar-refractivity contribution is 0.199. The second-order valence-electron chi connectivity index (χ2n) is 5.05. The van der Waals surface area contributed by atoms with Crippen molar-refractivity contribution >= 4 is 21.8 Å². The van der Waals surface area contributed by atoms with Crippen LogP contribution < -0.4 is 4.72 Å². The molecule has 120 valence electrons. The number of hydrogen-bond donors (Lipinski definition) is 2. The van der Waals surface area contributed by atoms with E-state index in [4.69, 9.17) is 0 Å². The van der Waals surface area contributed by atoms with Crippen LogP contribution in [0.15, 0.2) is 29.2 Å². The maximum Gasteiger partial charge on any atom is 0.240 e. The van der Waals surface area contributed by atoms with Crippen molar-refractivity contribution < 1.29 is 13.5 Å². The second kappa shape index (κ2) is 9.46. The minimum absolute atomic E-state index is 0.211. The van der Waals surface area contributed by atoms with E-state index in [1.807, 2.05) is 11.8 Å². The number of aliphatic hydroxyl groups is 1. The SMILES string of the molecule is CSCCCCCCNS(=O)(=O)c1cccc(C(C)O)c1. The Labute approximate surface area is 132 Å². The molecule has 1 aromatic carbocycles. The summed E-state index contributed by atoms with van der Waals surface area (Å²) in [6, 6.07) is 6.44. The molecule has 2 N–H and O–H groups in total. The van der Waals surface area contributed by atoms with E-state index in [2.05, 4.69) is 11.0 Å². The van der Waals surface area contributed by atoms with Crippen LogP contribution >= 0.6 is 11.8 Å². The number of thioether (sulfide) groups is 1. The van der Waals surface area contributed by atoms with E-state index in [0.29, 0.717) is 12.1 Å². The summed E-state index contributed by atoms with van der Waals surface area (Å²) in [6.07, 6.45) is 5.64. The van der Waals surface area contributed by atoms with Crippen molar-refractivity contribution in [1.82, 2.24) is 4.72 Å². The lowest BCUT2D eigenvalue weighted by Gasteiger charge is -2.09. The lowest BCUT2D eigenvalue weighted by atomic mass is 10.1. The first-order chi connectivity index (χ1) is 9.97. The molecule has 0 aliphatic carbocycles. The third-order valence-corrected chi connectivity index (χ3v) is 5.37. The molecule has 1 rings (SSSR count). The van der Waals surface area contributed by atoms with Gasteiger partial charge >= 0.3 is 0 Å². The average Bonchev–Trinajstić information content (AvgIpc) is 2.46. The minimum atomic E-state index is -3.48. The number of benzene rings is 1. The molecule has 0 bridgehead atoms.